The van der Waals surface area contributed by atoms with Crippen molar-refractivity contribution < 1.29 is 14.3 Å². The number of rotatable bonds is 8. The van der Waals surface area contributed by atoms with E-state index in [-0.39, 0.29) is 12.6 Å². The zero-order valence-corrected chi connectivity index (χ0v) is 20.2. The second-order valence-corrected chi connectivity index (χ2v) is 8.93. The SMILES string of the molecule is CCOC(=O)c1c(C)nc(Nc2cnn(C)c2)nc1NC1CCC(N2CCN(C=O)CC2)CC1. The van der Waals surface area contributed by atoms with Crippen LogP contribution < -0.4 is 10.6 Å². The molecule has 184 valence electrons. The molecule has 0 bridgehead atoms. The van der Waals surface area contributed by atoms with Crippen molar-refractivity contribution in [1.82, 2.24) is 29.5 Å². The molecule has 1 aliphatic carbocycles. The quantitative estimate of drug-likeness (QED) is 0.441. The third-order valence-electron chi connectivity index (χ3n) is 6.58. The Morgan fingerprint density at radius 1 is 1.18 bits per heavy atom. The molecule has 11 nitrogen and oxygen atoms in total. The largest absolute Gasteiger partial charge is 0.462 e. The van der Waals surface area contributed by atoms with Crippen LogP contribution in [0.15, 0.2) is 12.4 Å². The van der Waals surface area contributed by atoms with E-state index in [4.69, 9.17) is 4.74 Å². The van der Waals surface area contributed by atoms with E-state index in [2.05, 4.69) is 30.6 Å². The number of carbonyl (C=O) groups excluding carboxylic acids is 2. The van der Waals surface area contributed by atoms with Gasteiger partial charge < -0.3 is 20.3 Å². The van der Waals surface area contributed by atoms with Crippen LogP contribution in [0.3, 0.4) is 0 Å². The highest BCUT2D eigenvalue weighted by Crippen LogP contribution is 2.29. The minimum atomic E-state index is -0.419. The molecule has 1 saturated heterocycles. The number of ether oxygens (including phenoxy) is 1. The van der Waals surface area contributed by atoms with Gasteiger partial charge in [-0.25, -0.2) is 9.78 Å². The molecule has 0 atom stereocenters. The standard InChI is InChI=1S/C23H34N8O3/c1-4-34-22(33)20-16(2)25-23(27-18-13-24-29(3)14-18)28-21(20)26-17-5-7-19(8-6-17)31-11-9-30(15-32)10-12-31/h13-15,17,19H,4-12H2,1-3H3,(H2,25,26,27,28). The number of aromatic nitrogens is 4. The topological polar surface area (TPSA) is 118 Å². The highest BCUT2D eigenvalue weighted by molar-refractivity contribution is 5.96. The molecule has 2 fully saturated rings. The van der Waals surface area contributed by atoms with E-state index in [0.29, 0.717) is 29.1 Å². The average molecular weight is 471 g/mol. The molecule has 0 radical (unpaired) electrons. The van der Waals surface area contributed by atoms with E-state index < -0.39 is 5.97 Å². The molecule has 1 amide bonds. The number of aryl methyl sites for hydroxylation is 2. The number of esters is 1. The lowest BCUT2D eigenvalue weighted by atomic mass is 9.89. The monoisotopic (exact) mass is 470 g/mol. The molecule has 11 heteroatoms. The maximum Gasteiger partial charge on any atom is 0.343 e. The molecule has 2 aliphatic rings. The third kappa shape index (κ3) is 5.64. The lowest BCUT2D eigenvalue weighted by Gasteiger charge is -2.41. The lowest BCUT2D eigenvalue weighted by molar-refractivity contribution is -0.120. The number of nitrogens with one attached hydrogen (secondary N) is 2. The van der Waals surface area contributed by atoms with Gasteiger partial charge in [0, 0.05) is 51.5 Å². The number of amides is 1. The van der Waals surface area contributed by atoms with Gasteiger partial charge in [0.2, 0.25) is 12.4 Å². The number of nitrogens with zero attached hydrogens (tertiary/aromatic N) is 6. The van der Waals surface area contributed by atoms with Crippen molar-refractivity contribution in [2.75, 3.05) is 43.4 Å². The Bertz CT molecular complexity index is 994. The summed E-state index contributed by atoms with van der Waals surface area (Å²) < 4.78 is 6.98. The second-order valence-electron chi connectivity index (χ2n) is 8.93. The fourth-order valence-corrected chi connectivity index (χ4v) is 4.78. The van der Waals surface area contributed by atoms with Gasteiger partial charge in [0.25, 0.3) is 0 Å². The van der Waals surface area contributed by atoms with Crippen LogP contribution in [0.5, 0.6) is 0 Å². The van der Waals surface area contributed by atoms with Gasteiger partial charge in [0.15, 0.2) is 0 Å². The molecule has 2 aromatic heterocycles. The van der Waals surface area contributed by atoms with Crippen molar-refractivity contribution in [2.45, 2.75) is 51.6 Å². The van der Waals surface area contributed by atoms with Crippen LogP contribution in [0, 0.1) is 6.92 Å². The summed E-state index contributed by atoms with van der Waals surface area (Å²) >= 11 is 0. The summed E-state index contributed by atoms with van der Waals surface area (Å²) in [6.45, 7) is 7.34. The molecule has 2 N–H and O–H groups in total. The normalized spacial score (nSPS) is 21.2. The Balaban J connectivity index is 1.45. The van der Waals surface area contributed by atoms with Gasteiger partial charge >= 0.3 is 5.97 Å². The van der Waals surface area contributed by atoms with Crippen molar-refractivity contribution in [3.8, 4) is 0 Å². The Morgan fingerprint density at radius 2 is 1.91 bits per heavy atom. The molecule has 0 aromatic carbocycles. The van der Waals surface area contributed by atoms with Gasteiger partial charge in [-0.1, -0.05) is 0 Å². The van der Waals surface area contributed by atoms with Crippen LogP contribution in [-0.2, 0) is 16.6 Å². The Kier molecular flexibility index (Phi) is 7.61. The minimum Gasteiger partial charge on any atom is -0.462 e. The molecule has 1 saturated carbocycles. The Hall–Kier alpha value is -3.21. The first kappa shape index (κ1) is 23.9. The first-order valence-corrected chi connectivity index (χ1v) is 12.0. The summed E-state index contributed by atoms with van der Waals surface area (Å²) in [5.41, 5.74) is 1.71. The van der Waals surface area contributed by atoms with E-state index in [1.165, 1.54) is 0 Å². The van der Waals surface area contributed by atoms with Crippen molar-refractivity contribution in [3.05, 3.63) is 23.7 Å². The third-order valence-corrected chi connectivity index (χ3v) is 6.58. The minimum absolute atomic E-state index is 0.209. The summed E-state index contributed by atoms with van der Waals surface area (Å²) in [5, 5.41) is 10.8. The molecule has 0 unspecified atom stereocenters. The van der Waals surface area contributed by atoms with E-state index in [1.54, 1.807) is 24.7 Å². The van der Waals surface area contributed by atoms with E-state index in [1.807, 2.05) is 18.1 Å². The van der Waals surface area contributed by atoms with Crippen LogP contribution in [0.1, 0.15) is 48.7 Å². The van der Waals surface area contributed by atoms with Gasteiger partial charge in [-0.3, -0.25) is 14.4 Å². The number of piperazine rings is 1. The molecular formula is C23H34N8O3. The van der Waals surface area contributed by atoms with Crippen LogP contribution in [0.25, 0.3) is 0 Å². The maximum atomic E-state index is 12.7. The van der Waals surface area contributed by atoms with Gasteiger partial charge in [-0.15, -0.1) is 0 Å². The molecular weight excluding hydrogens is 436 g/mol. The molecule has 4 rings (SSSR count). The van der Waals surface area contributed by atoms with Gasteiger partial charge in [0.05, 0.1) is 24.2 Å². The second kappa shape index (κ2) is 10.8. The van der Waals surface area contributed by atoms with Crippen LogP contribution in [0.4, 0.5) is 17.5 Å². The van der Waals surface area contributed by atoms with Crippen molar-refractivity contribution >= 4 is 29.8 Å². The van der Waals surface area contributed by atoms with E-state index in [0.717, 1.165) is 64.0 Å². The van der Waals surface area contributed by atoms with Crippen LogP contribution >= 0.6 is 0 Å². The number of hydrogen-bond acceptors (Lipinski definition) is 9. The fourth-order valence-electron chi connectivity index (χ4n) is 4.78. The van der Waals surface area contributed by atoms with Gasteiger partial charge in [0.1, 0.15) is 11.4 Å². The fraction of sp³-hybridized carbons (Fsp3) is 0.609. The van der Waals surface area contributed by atoms with E-state index in [9.17, 15) is 9.59 Å². The number of hydrogen-bond donors (Lipinski definition) is 2. The van der Waals surface area contributed by atoms with Crippen LogP contribution in [0.2, 0.25) is 0 Å². The van der Waals surface area contributed by atoms with Gasteiger partial charge in [-0.2, -0.15) is 10.1 Å². The number of carbonyl (C=O) groups is 2. The summed E-state index contributed by atoms with van der Waals surface area (Å²) in [4.78, 5) is 37.1. The Morgan fingerprint density at radius 3 is 2.53 bits per heavy atom. The summed E-state index contributed by atoms with van der Waals surface area (Å²) in [7, 11) is 1.84. The first-order valence-electron chi connectivity index (χ1n) is 12.0. The summed E-state index contributed by atoms with van der Waals surface area (Å²) in [5.74, 6) is 0.486. The molecule has 2 aromatic rings. The van der Waals surface area contributed by atoms with E-state index >= 15 is 0 Å². The zero-order chi connectivity index (χ0) is 24.1. The predicted octanol–water partition coefficient (Wildman–Crippen LogP) is 1.94. The molecule has 3 heterocycles. The van der Waals surface area contributed by atoms with Crippen molar-refractivity contribution in [1.29, 1.82) is 0 Å². The Labute approximate surface area is 199 Å². The highest BCUT2D eigenvalue weighted by atomic mass is 16.5. The lowest BCUT2D eigenvalue weighted by Crippen LogP contribution is -2.51. The predicted molar refractivity (Wildman–Crippen MR) is 128 cm³/mol. The number of anilines is 3. The maximum absolute atomic E-state index is 12.7. The first-order chi connectivity index (χ1) is 16.5. The molecule has 34 heavy (non-hydrogen) atoms. The van der Waals surface area contributed by atoms with Gasteiger partial charge in [-0.05, 0) is 39.5 Å². The van der Waals surface area contributed by atoms with Crippen molar-refractivity contribution in [3.63, 3.8) is 0 Å². The summed E-state index contributed by atoms with van der Waals surface area (Å²) in [6, 6.07) is 0.743. The average Bonchev–Trinajstić information content (AvgIpc) is 3.24. The van der Waals surface area contributed by atoms with Crippen molar-refractivity contribution in [2.24, 2.45) is 7.05 Å². The molecule has 0 spiro atoms. The van der Waals surface area contributed by atoms with Crippen LogP contribution in [-0.4, -0.2) is 86.8 Å². The highest BCUT2D eigenvalue weighted by Gasteiger charge is 2.29. The summed E-state index contributed by atoms with van der Waals surface area (Å²) in [6.07, 6.45) is 8.57. The zero-order valence-electron chi connectivity index (χ0n) is 20.2. The smallest absolute Gasteiger partial charge is 0.343 e. The molecule has 1 aliphatic heterocycles.